The van der Waals surface area contributed by atoms with E-state index in [1.165, 1.54) is 11.3 Å². The molecule has 0 saturated heterocycles. The average Bonchev–Trinajstić information content (AvgIpc) is 2.76. The third kappa shape index (κ3) is 3.33. The first-order valence-electron chi connectivity index (χ1n) is 7.01. The fourth-order valence-corrected chi connectivity index (χ4v) is 3.35. The quantitative estimate of drug-likeness (QED) is 0.897. The summed E-state index contributed by atoms with van der Waals surface area (Å²) in [6.45, 7) is 6.14. The molecule has 1 aliphatic carbocycles. The molecule has 4 nitrogen and oxygen atoms in total. The second-order valence-electron chi connectivity index (χ2n) is 6.37. The molecule has 1 fully saturated rings. The first-order chi connectivity index (χ1) is 9.29. The van der Waals surface area contributed by atoms with E-state index in [-0.39, 0.29) is 16.4 Å². The topological polar surface area (TPSA) is 66.8 Å². The van der Waals surface area contributed by atoms with Crippen molar-refractivity contribution in [3.63, 3.8) is 0 Å². The van der Waals surface area contributed by atoms with Gasteiger partial charge in [0, 0.05) is 4.88 Å². The zero-order valence-electron chi connectivity index (χ0n) is 12.2. The lowest BCUT2D eigenvalue weighted by atomic mass is 9.94. The van der Waals surface area contributed by atoms with Crippen molar-refractivity contribution >= 4 is 17.3 Å². The highest BCUT2D eigenvalue weighted by atomic mass is 32.1. The monoisotopic (exact) mass is 298 g/mol. The van der Waals surface area contributed by atoms with Crippen molar-refractivity contribution in [1.82, 2.24) is 0 Å². The molecule has 1 aromatic heterocycles. The van der Waals surface area contributed by atoms with Gasteiger partial charge in [-0.3, -0.25) is 0 Å². The summed E-state index contributed by atoms with van der Waals surface area (Å²) in [5, 5.41) is 19.3. The zero-order valence-corrected chi connectivity index (χ0v) is 13.0. The number of carboxylic acid groups (broad SMARTS) is 1. The summed E-state index contributed by atoms with van der Waals surface area (Å²) in [6, 6.07) is 1.81. The molecule has 1 saturated carbocycles. The fourth-order valence-electron chi connectivity index (χ4n) is 2.36. The number of hydrogen-bond acceptors (Lipinski definition) is 4. The van der Waals surface area contributed by atoms with Gasteiger partial charge >= 0.3 is 5.97 Å². The maximum atomic E-state index is 11.4. The minimum atomic E-state index is -0.967. The predicted octanol–water partition coefficient (Wildman–Crippen LogP) is 3.43. The summed E-state index contributed by atoms with van der Waals surface area (Å²) in [5.41, 5.74) is -0.109. The van der Waals surface area contributed by atoms with Crippen LogP contribution in [-0.2, 0) is 5.41 Å². The third-order valence-electron chi connectivity index (χ3n) is 3.58. The highest BCUT2D eigenvalue weighted by Gasteiger charge is 2.29. The van der Waals surface area contributed by atoms with Crippen LogP contribution in [0.3, 0.4) is 0 Å². The van der Waals surface area contributed by atoms with Crippen molar-refractivity contribution in [2.45, 2.75) is 64.1 Å². The molecule has 0 bridgehead atoms. The van der Waals surface area contributed by atoms with Crippen LogP contribution >= 0.6 is 11.3 Å². The highest BCUT2D eigenvalue weighted by Crippen LogP contribution is 2.38. The Kier molecular flexibility index (Phi) is 4.39. The summed E-state index contributed by atoms with van der Waals surface area (Å²) in [7, 11) is 0. The first-order valence-corrected chi connectivity index (χ1v) is 7.83. The molecule has 2 rings (SSSR count). The van der Waals surface area contributed by atoms with Gasteiger partial charge in [0.25, 0.3) is 0 Å². The molecule has 112 valence electrons. The van der Waals surface area contributed by atoms with E-state index in [4.69, 9.17) is 4.74 Å². The van der Waals surface area contributed by atoms with Gasteiger partial charge in [-0.25, -0.2) is 4.79 Å². The standard InChI is InChI=1S/C15H22O4S/c1-15(2,3)12-8-11(13(20-12)14(17)18)19-10-7-5-4-6-9(10)16/h8-10,16H,4-7H2,1-3H3,(H,17,18). The summed E-state index contributed by atoms with van der Waals surface area (Å²) < 4.78 is 5.82. The molecule has 1 aromatic rings. The van der Waals surface area contributed by atoms with E-state index in [9.17, 15) is 15.0 Å². The first kappa shape index (κ1) is 15.3. The largest absolute Gasteiger partial charge is 0.486 e. The van der Waals surface area contributed by atoms with Crippen LogP contribution in [0.15, 0.2) is 6.07 Å². The molecule has 0 aromatic carbocycles. The number of carboxylic acids is 1. The van der Waals surface area contributed by atoms with Crippen molar-refractivity contribution in [3.05, 3.63) is 15.8 Å². The van der Waals surface area contributed by atoms with Gasteiger partial charge in [0.15, 0.2) is 4.88 Å². The van der Waals surface area contributed by atoms with Crippen molar-refractivity contribution < 1.29 is 19.7 Å². The van der Waals surface area contributed by atoms with Gasteiger partial charge in [-0.1, -0.05) is 27.2 Å². The van der Waals surface area contributed by atoms with Crippen molar-refractivity contribution in [2.75, 3.05) is 0 Å². The minimum absolute atomic E-state index is 0.109. The van der Waals surface area contributed by atoms with E-state index >= 15 is 0 Å². The Labute approximate surface area is 123 Å². The van der Waals surface area contributed by atoms with Crippen LogP contribution in [0.25, 0.3) is 0 Å². The van der Waals surface area contributed by atoms with Crippen LogP contribution in [0.1, 0.15) is 61.0 Å². The number of aliphatic hydroxyl groups excluding tert-OH is 1. The molecule has 1 heterocycles. The van der Waals surface area contributed by atoms with Gasteiger partial charge in [-0.2, -0.15) is 0 Å². The molecule has 5 heteroatoms. The van der Waals surface area contributed by atoms with Crippen molar-refractivity contribution in [3.8, 4) is 5.75 Å². The SMILES string of the molecule is CC(C)(C)c1cc(OC2CCCCC2O)c(C(=O)O)s1. The molecular weight excluding hydrogens is 276 g/mol. The molecule has 2 unspecified atom stereocenters. The number of carbonyl (C=O) groups is 1. The lowest BCUT2D eigenvalue weighted by Gasteiger charge is -2.28. The molecule has 2 N–H and O–H groups in total. The number of thiophene rings is 1. The lowest BCUT2D eigenvalue weighted by Crippen LogP contribution is -2.34. The maximum Gasteiger partial charge on any atom is 0.349 e. The molecular formula is C15H22O4S. The molecule has 0 aliphatic heterocycles. The van der Waals surface area contributed by atoms with E-state index in [1.807, 2.05) is 26.8 Å². The van der Waals surface area contributed by atoms with E-state index in [2.05, 4.69) is 0 Å². The predicted molar refractivity (Wildman–Crippen MR) is 78.9 cm³/mol. The number of aromatic carboxylic acids is 1. The molecule has 0 spiro atoms. The Balaban J connectivity index is 2.25. The Morgan fingerprint density at radius 3 is 2.55 bits per heavy atom. The Bertz CT molecular complexity index is 487. The molecule has 0 radical (unpaired) electrons. The van der Waals surface area contributed by atoms with Crippen molar-refractivity contribution in [2.24, 2.45) is 0 Å². The molecule has 2 atom stereocenters. The molecule has 1 aliphatic rings. The maximum absolute atomic E-state index is 11.4. The van der Waals surface area contributed by atoms with Gasteiger partial charge in [0.2, 0.25) is 0 Å². The van der Waals surface area contributed by atoms with Gasteiger partial charge in [0.05, 0.1) is 6.10 Å². The van der Waals surface area contributed by atoms with Crippen LogP contribution in [0.2, 0.25) is 0 Å². The second kappa shape index (κ2) is 5.74. The van der Waals surface area contributed by atoms with Gasteiger partial charge < -0.3 is 14.9 Å². The van der Waals surface area contributed by atoms with Crippen LogP contribution in [0.5, 0.6) is 5.75 Å². The van der Waals surface area contributed by atoms with Gasteiger partial charge in [-0.15, -0.1) is 11.3 Å². The van der Waals surface area contributed by atoms with Gasteiger partial charge in [0.1, 0.15) is 11.9 Å². The summed E-state index contributed by atoms with van der Waals surface area (Å²) in [4.78, 5) is 12.6. The van der Waals surface area contributed by atoms with E-state index < -0.39 is 12.1 Å². The number of hydrogen-bond donors (Lipinski definition) is 2. The number of aliphatic hydroxyl groups is 1. The highest BCUT2D eigenvalue weighted by molar-refractivity contribution is 7.14. The van der Waals surface area contributed by atoms with Crippen molar-refractivity contribution in [1.29, 1.82) is 0 Å². The van der Waals surface area contributed by atoms with Gasteiger partial charge in [-0.05, 0) is 30.7 Å². The summed E-state index contributed by atoms with van der Waals surface area (Å²) >= 11 is 1.26. The number of ether oxygens (including phenoxy) is 1. The second-order valence-corrected chi connectivity index (χ2v) is 7.42. The molecule has 20 heavy (non-hydrogen) atoms. The van der Waals surface area contributed by atoms with Crippen LogP contribution in [0, 0.1) is 0 Å². The van der Waals surface area contributed by atoms with E-state index in [0.717, 1.165) is 30.6 Å². The Morgan fingerprint density at radius 2 is 2.00 bits per heavy atom. The zero-order chi connectivity index (χ0) is 14.9. The average molecular weight is 298 g/mol. The fraction of sp³-hybridized carbons (Fsp3) is 0.667. The summed E-state index contributed by atoms with van der Waals surface area (Å²) in [5.74, 6) is -0.566. The van der Waals surface area contributed by atoms with E-state index in [0.29, 0.717) is 5.75 Å². The smallest absolute Gasteiger partial charge is 0.349 e. The summed E-state index contributed by atoms with van der Waals surface area (Å²) in [6.07, 6.45) is 2.74. The van der Waals surface area contributed by atoms with E-state index in [1.54, 1.807) is 0 Å². The van der Waals surface area contributed by atoms with Crippen LogP contribution < -0.4 is 4.74 Å². The Hall–Kier alpha value is -1.07. The minimum Gasteiger partial charge on any atom is -0.486 e. The Morgan fingerprint density at radius 1 is 1.35 bits per heavy atom. The normalized spacial score (nSPS) is 23.6. The molecule has 0 amide bonds. The lowest BCUT2D eigenvalue weighted by molar-refractivity contribution is 0.00633. The van der Waals surface area contributed by atoms with Crippen LogP contribution in [0.4, 0.5) is 0 Å². The third-order valence-corrected chi connectivity index (χ3v) is 5.11. The number of rotatable bonds is 3. The van der Waals surface area contributed by atoms with Crippen LogP contribution in [-0.4, -0.2) is 28.4 Å².